The molecule has 1 heterocycles. The van der Waals surface area contributed by atoms with Gasteiger partial charge < -0.3 is 10.2 Å². The molecule has 1 aromatic carbocycles. The van der Waals surface area contributed by atoms with E-state index in [1.807, 2.05) is 0 Å². The summed E-state index contributed by atoms with van der Waals surface area (Å²) >= 11 is 0. The smallest absolute Gasteiger partial charge is 0.0373 e. The van der Waals surface area contributed by atoms with Crippen LogP contribution in [0.15, 0.2) is 18.2 Å². The van der Waals surface area contributed by atoms with E-state index < -0.39 is 0 Å². The van der Waals surface area contributed by atoms with E-state index in [1.165, 1.54) is 87.8 Å². The van der Waals surface area contributed by atoms with Crippen molar-refractivity contribution in [3.8, 4) is 0 Å². The summed E-state index contributed by atoms with van der Waals surface area (Å²) in [6, 6.07) is 7.67. The van der Waals surface area contributed by atoms with Gasteiger partial charge in [0.2, 0.25) is 0 Å². The minimum absolute atomic E-state index is 0.682. The van der Waals surface area contributed by atoms with Crippen molar-refractivity contribution in [2.45, 2.75) is 70.8 Å². The third-order valence-electron chi connectivity index (χ3n) is 5.15. The molecule has 0 spiro atoms. The minimum Gasteiger partial charge on any atom is -0.382 e. The van der Waals surface area contributed by atoms with Crippen LogP contribution in [-0.2, 0) is 0 Å². The molecule has 0 bridgehead atoms. The highest BCUT2D eigenvalue weighted by atomic mass is 15.1. The Labute approximate surface area is 129 Å². The molecule has 1 saturated heterocycles. The molecule has 21 heavy (non-hydrogen) atoms. The maximum atomic E-state index is 3.82. The molecule has 2 nitrogen and oxygen atoms in total. The predicted octanol–water partition coefficient (Wildman–Crippen LogP) is 5.12. The topological polar surface area (TPSA) is 15.3 Å². The fraction of sp³-hybridized carbons (Fsp3) is 0.684. The van der Waals surface area contributed by atoms with Crippen molar-refractivity contribution in [3.63, 3.8) is 0 Å². The molecule has 2 aliphatic rings. The van der Waals surface area contributed by atoms with Gasteiger partial charge in [-0.1, -0.05) is 32.1 Å². The van der Waals surface area contributed by atoms with Gasteiger partial charge in [-0.3, -0.25) is 0 Å². The first-order valence-corrected chi connectivity index (χ1v) is 8.95. The van der Waals surface area contributed by atoms with E-state index in [1.54, 1.807) is 0 Å². The third-order valence-corrected chi connectivity index (χ3v) is 5.15. The molecule has 2 heteroatoms. The lowest BCUT2D eigenvalue weighted by molar-refractivity contribution is 0.471. The zero-order valence-electron chi connectivity index (χ0n) is 13.5. The summed E-state index contributed by atoms with van der Waals surface area (Å²) in [6.07, 6.45) is 12.4. The first kappa shape index (κ1) is 14.7. The van der Waals surface area contributed by atoms with Gasteiger partial charge in [0.1, 0.15) is 0 Å². The maximum Gasteiger partial charge on any atom is 0.0373 e. The number of hydrogen-bond acceptors (Lipinski definition) is 2. The second-order valence-electron chi connectivity index (χ2n) is 6.88. The van der Waals surface area contributed by atoms with Crippen LogP contribution in [0.4, 0.5) is 11.4 Å². The van der Waals surface area contributed by atoms with Crippen molar-refractivity contribution >= 4 is 11.4 Å². The number of hydrogen-bond donors (Lipinski definition) is 1. The van der Waals surface area contributed by atoms with Crippen LogP contribution in [0.2, 0.25) is 0 Å². The van der Waals surface area contributed by atoms with Gasteiger partial charge in [0.25, 0.3) is 0 Å². The van der Waals surface area contributed by atoms with Crippen LogP contribution in [-0.4, -0.2) is 19.1 Å². The predicted molar refractivity (Wildman–Crippen MR) is 92.4 cm³/mol. The molecule has 0 amide bonds. The molecule has 3 rings (SSSR count). The fourth-order valence-corrected chi connectivity index (χ4v) is 3.80. The van der Waals surface area contributed by atoms with Crippen LogP contribution in [0.1, 0.15) is 63.4 Å². The largest absolute Gasteiger partial charge is 0.382 e. The Morgan fingerprint density at radius 1 is 0.905 bits per heavy atom. The number of rotatable bonds is 3. The first-order chi connectivity index (χ1) is 10.3. The summed E-state index contributed by atoms with van der Waals surface area (Å²) in [5, 5.41) is 3.82. The van der Waals surface area contributed by atoms with Gasteiger partial charge in [0.15, 0.2) is 0 Å². The van der Waals surface area contributed by atoms with Crippen molar-refractivity contribution in [1.29, 1.82) is 0 Å². The van der Waals surface area contributed by atoms with Gasteiger partial charge in [0, 0.05) is 30.5 Å². The number of nitrogens with one attached hydrogen (secondary N) is 1. The summed E-state index contributed by atoms with van der Waals surface area (Å²) in [5.41, 5.74) is 4.16. The minimum atomic E-state index is 0.682. The zero-order chi connectivity index (χ0) is 14.5. The van der Waals surface area contributed by atoms with Crippen LogP contribution in [0.5, 0.6) is 0 Å². The highest BCUT2D eigenvalue weighted by Crippen LogP contribution is 2.27. The van der Waals surface area contributed by atoms with Crippen LogP contribution in [0.25, 0.3) is 0 Å². The summed E-state index contributed by atoms with van der Waals surface area (Å²) in [7, 11) is 0. The Hall–Kier alpha value is -1.18. The SMILES string of the molecule is Cc1cc(N2CCCC2)ccc1NC1CCCCCCC1. The van der Waals surface area contributed by atoms with E-state index in [9.17, 15) is 0 Å². The van der Waals surface area contributed by atoms with E-state index in [0.717, 1.165) is 0 Å². The lowest BCUT2D eigenvalue weighted by atomic mass is 9.96. The highest BCUT2D eigenvalue weighted by Gasteiger charge is 2.15. The van der Waals surface area contributed by atoms with Gasteiger partial charge in [-0.15, -0.1) is 0 Å². The van der Waals surface area contributed by atoms with Crippen molar-refractivity contribution in [1.82, 2.24) is 0 Å². The molecule has 0 radical (unpaired) electrons. The summed E-state index contributed by atoms with van der Waals surface area (Å²) in [5.74, 6) is 0. The van der Waals surface area contributed by atoms with Gasteiger partial charge in [-0.2, -0.15) is 0 Å². The molecule has 1 aromatic rings. The van der Waals surface area contributed by atoms with E-state index in [2.05, 4.69) is 35.3 Å². The quantitative estimate of drug-likeness (QED) is 0.829. The Balaban J connectivity index is 1.64. The average Bonchev–Trinajstić information content (AvgIpc) is 2.97. The standard InChI is InChI=1S/C19H30N2/c1-16-15-18(21-13-7-8-14-21)11-12-19(16)20-17-9-5-3-2-4-6-10-17/h11-12,15,17,20H,2-10,13-14H2,1H3. The van der Waals surface area contributed by atoms with Gasteiger partial charge in [-0.05, 0) is 56.4 Å². The monoisotopic (exact) mass is 286 g/mol. The van der Waals surface area contributed by atoms with Gasteiger partial charge in [-0.25, -0.2) is 0 Å². The molecule has 2 fully saturated rings. The highest BCUT2D eigenvalue weighted by molar-refractivity contribution is 5.60. The van der Waals surface area contributed by atoms with Crippen LogP contribution in [0.3, 0.4) is 0 Å². The Kier molecular flexibility index (Phi) is 5.05. The van der Waals surface area contributed by atoms with E-state index in [0.29, 0.717) is 6.04 Å². The molecule has 0 atom stereocenters. The lowest BCUT2D eigenvalue weighted by Crippen LogP contribution is -2.21. The number of anilines is 2. The molecule has 1 aliphatic heterocycles. The fourth-order valence-electron chi connectivity index (χ4n) is 3.80. The summed E-state index contributed by atoms with van der Waals surface area (Å²) in [4.78, 5) is 2.52. The molecule has 1 saturated carbocycles. The number of aryl methyl sites for hydroxylation is 1. The molecule has 116 valence electrons. The van der Waals surface area contributed by atoms with Gasteiger partial charge in [0.05, 0.1) is 0 Å². The van der Waals surface area contributed by atoms with Crippen LogP contribution >= 0.6 is 0 Å². The molecule has 0 aromatic heterocycles. The van der Waals surface area contributed by atoms with E-state index in [-0.39, 0.29) is 0 Å². The van der Waals surface area contributed by atoms with Crippen LogP contribution < -0.4 is 10.2 Å². The first-order valence-electron chi connectivity index (χ1n) is 8.95. The Bertz CT molecular complexity index is 441. The summed E-state index contributed by atoms with van der Waals surface area (Å²) < 4.78 is 0. The summed E-state index contributed by atoms with van der Waals surface area (Å²) in [6.45, 7) is 4.72. The second kappa shape index (κ2) is 7.20. The van der Waals surface area contributed by atoms with E-state index >= 15 is 0 Å². The molecule has 0 unspecified atom stereocenters. The van der Waals surface area contributed by atoms with Crippen molar-refractivity contribution in [2.24, 2.45) is 0 Å². The average molecular weight is 286 g/mol. The lowest BCUT2D eigenvalue weighted by Gasteiger charge is -2.24. The second-order valence-corrected chi connectivity index (χ2v) is 6.88. The van der Waals surface area contributed by atoms with Crippen molar-refractivity contribution in [2.75, 3.05) is 23.3 Å². The Morgan fingerprint density at radius 3 is 2.24 bits per heavy atom. The normalized spacial score (nSPS) is 21.1. The molecule has 1 N–H and O–H groups in total. The molecular weight excluding hydrogens is 256 g/mol. The number of benzene rings is 1. The Morgan fingerprint density at radius 2 is 1.57 bits per heavy atom. The van der Waals surface area contributed by atoms with Gasteiger partial charge >= 0.3 is 0 Å². The zero-order valence-corrected chi connectivity index (χ0v) is 13.5. The van der Waals surface area contributed by atoms with E-state index in [4.69, 9.17) is 0 Å². The molecule has 1 aliphatic carbocycles. The van der Waals surface area contributed by atoms with Crippen LogP contribution in [0, 0.1) is 6.92 Å². The maximum absolute atomic E-state index is 3.82. The van der Waals surface area contributed by atoms with Crippen molar-refractivity contribution < 1.29 is 0 Å². The third kappa shape index (κ3) is 3.93. The van der Waals surface area contributed by atoms with Crippen molar-refractivity contribution in [3.05, 3.63) is 23.8 Å². The number of nitrogens with zero attached hydrogens (tertiary/aromatic N) is 1. The molecular formula is C19H30N2.